The Balaban J connectivity index is 2.98. The first-order valence-electron chi connectivity index (χ1n) is 4.21. The first-order valence-corrected chi connectivity index (χ1v) is 4.21. The molecule has 0 saturated heterocycles. The van der Waals surface area contributed by atoms with E-state index < -0.39 is 23.8 Å². The Bertz CT molecular complexity index is 402. The average Bonchev–Trinajstić information content (AvgIpc) is 2.38. The fraction of sp³-hybridized carbons (Fsp3) is 0.300. The molecule has 78 valence electrons. The van der Waals surface area contributed by atoms with Crippen LogP contribution >= 0.6 is 0 Å². The number of carbonyl (C=O) groups is 3. The second-order valence-corrected chi connectivity index (χ2v) is 3.10. The monoisotopic (exact) mass is 207 g/mol. The largest absolute Gasteiger partial charge is 0.480 e. The zero-order valence-corrected chi connectivity index (χ0v) is 8.06. The molecule has 0 saturated carbocycles. The van der Waals surface area contributed by atoms with Crippen LogP contribution in [0.2, 0.25) is 0 Å². The molecular formula is C10H9NO4. The van der Waals surface area contributed by atoms with Crippen LogP contribution in [0.5, 0.6) is 0 Å². The molecule has 1 aliphatic heterocycles. The molecule has 0 aromatic carbocycles. The Kier molecular flexibility index (Phi) is 2.90. The van der Waals surface area contributed by atoms with Crippen molar-refractivity contribution < 1.29 is 19.5 Å². The molecule has 0 aromatic heterocycles. The van der Waals surface area contributed by atoms with E-state index in [2.05, 4.69) is 5.92 Å². The highest BCUT2D eigenvalue weighted by Crippen LogP contribution is 2.17. The van der Waals surface area contributed by atoms with E-state index in [-0.39, 0.29) is 12.0 Å². The predicted octanol–water partition coefficient (Wildman–Crippen LogP) is -0.222. The van der Waals surface area contributed by atoms with E-state index in [4.69, 9.17) is 11.5 Å². The van der Waals surface area contributed by atoms with E-state index in [9.17, 15) is 14.4 Å². The zero-order valence-electron chi connectivity index (χ0n) is 8.06. The van der Waals surface area contributed by atoms with Gasteiger partial charge in [0.25, 0.3) is 11.8 Å². The van der Waals surface area contributed by atoms with Gasteiger partial charge in [-0.1, -0.05) is 0 Å². The number of imide groups is 1. The van der Waals surface area contributed by atoms with Gasteiger partial charge in [-0.3, -0.25) is 14.5 Å². The van der Waals surface area contributed by atoms with E-state index in [0.717, 1.165) is 6.08 Å². The second kappa shape index (κ2) is 3.96. The summed E-state index contributed by atoms with van der Waals surface area (Å²) < 4.78 is 0. The molecule has 0 fully saturated rings. The van der Waals surface area contributed by atoms with Crippen LogP contribution in [-0.2, 0) is 14.4 Å². The molecule has 0 spiro atoms. The maximum Gasteiger partial charge on any atom is 0.327 e. The van der Waals surface area contributed by atoms with Crippen LogP contribution < -0.4 is 0 Å². The molecule has 1 rings (SSSR count). The first-order chi connectivity index (χ1) is 6.99. The van der Waals surface area contributed by atoms with Crippen LogP contribution in [0.1, 0.15) is 13.3 Å². The lowest BCUT2D eigenvalue weighted by Gasteiger charge is -2.20. The third-order valence-electron chi connectivity index (χ3n) is 2.04. The van der Waals surface area contributed by atoms with Crippen molar-refractivity contribution in [1.29, 1.82) is 0 Å². The Morgan fingerprint density at radius 3 is 2.60 bits per heavy atom. The molecule has 0 bridgehead atoms. The van der Waals surface area contributed by atoms with Gasteiger partial charge in [0.15, 0.2) is 0 Å². The van der Waals surface area contributed by atoms with Crippen LogP contribution in [0.4, 0.5) is 0 Å². The van der Waals surface area contributed by atoms with Crippen molar-refractivity contribution in [3.8, 4) is 12.3 Å². The Morgan fingerprint density at radius 2 is 2.27 bits per heavy atom. The number of hydrogen-bond donors (Lipinski definition) is 1. The van der Waals surface area contributed by atoms with Crippen molar-refractivity contribution in [3.05, 3.63) is 11.6 Å². The highest BCUT2D eigenvalue weighted by atomic mass is 16.4. The fourth-order valence-electron chi connectivity index (χ4n) is 1.30. The molecule has 1 N–H and O–H groups in total. The normalized spacial score (nSPS) is 17.3. The van der Waals surface area contributed by atoms with Gasteiger partial charge in [0.1, 0.15) is 6.04 Å². The molecule has 5 heteroatoms. The molecule has 1 aliphatic rings. The van der Waals surface area contributed by atoms with Gasteiger partial charge in [0.05, 0.1) is 0 Å². The van der Waals surface area contributed by atoms with E-state index in [1.165, 1.54) is 6.92 Å². The van der Waals surface area contributed by atoms with Gasteiger partial charge >= 0.3 is 5.97 Å². The minimum Gasteiger partial charge on any atom is -0.480 e. The number of carboxylic acids is 1. The molecule has 15 heavy (non-hydrogen) atoms. The lowest BCUT2D eigenvalue weighted by atomic mass is 10.2. The molecule has 2 amide bonds. The van der Waals surface area contributed by atoms with Gasteiger partial charge in [0, 0.05) is 18.1 Å². The van der Waals surface area contributed by atoms with Crippen LogP contribution in [0.15, 0.2) is 11.6 Å². The molecule has 0 aromatic rings. The summed E-state index contributed by atoms with van der Waals surface area (Å²) in [6, 6.07) is -1.27. The summed E-state index contributed by atoms with van der Waals surface area (Å²) in [5, 5.41) is 8.82. The van der Waals surface area contributed by atoms with Gasteiger partial charge < -0.3 is 5.11 Å². The fourth-order valence-corrected chi connectivity index (χ4v) is 1.30. The van der Waals surface area contributed by atoms with Crippen LogP contribution in [-0.4, -0.2) is 33.8 Å². The maximum absolute atomic E-state index is 11.4. The van der Waals surface area contributed by atoms with Gasteiger partial charge in [-0.05, 0) is 6.92 Å². The summed E-state index contributed by atoms with van der Waals surface area (Å²) in [7, 11) is 0. The van der Waals surface area contributed by atoms with Crippen molar-refractivity contribution in [2.75, 3.05) is 0 Å². The molecule has 0 aliphatic carbocycles. The van der Waals surface area contributed by atoms with Crippen molar-refractivity contribution in [2.24, 2.45) is 0 Å². The number of terminal acetylenes is 1. The number of hydrogen-bond acceptors (Lipinski definition) is 3. The summed E-state index contributed by atoms with van der Waals surface area (Å²) in [4.78, 5) is 34.2. The van der Waals surface area contributed by atoms with Crippen molar-refractivity contribution >= 4 is 17.8 Å². The highest BCUT2D eigenvalue weighted by Gasteiger charge is 2.37. The van der Waals surface area contributed by atoms with Crippen LogP contribution in [0, 0.1) is 12.3 Å². The molecule has 0 radical (unpaired) electrons. The maximum atomic E-state index is 11.4. The van der Waals surface area contributed by atoms with Crippen LogP contribution in [0.25, 0.3) is 0 Å². The summed E-state index contributed by atoms with van der Waals surface area (Å²) in [5.74, 6) is -0.368. The quantitative estimate of drug-likeness (QED) is 0.512. The van der Waals surface area contributed by atoms with E-state index in [0.29, 0.717) is 4.90 Å². The number of carbonyl (C=O) groups excluding carboxylic acids is 2. The minimum absolute atomic E-state index is 0.187. The lowest BCUT2D eigenvalue weighted by molar-refractivity contribution is -0.153. The summed E-state index contributed by atoms with van der Waals surface area (Å²) in [6.45, 7) is 1.45. The summed E-state index contributed by atoms with van der Waals surface area (Å²) >= 11 is 0. The summed E-state index contributed by atoms with van der Waals surface area (Å²) in [5.41, 5.74) is 0.225. The molecular weight excluding hydrogens is 198 g/mol. The number of rotatable bonds is 3. The lowest BCUT2D eigenvalue weighted by Crippen LogP contribution is -2.45. The number of aliphatic carboxylic acids is 1. The molecule has 1 heterocycles. The highest BCUT2D eigenvalue weighted by molar-refractivity contribution is 6.17. The van der Waals surface area contributed by atoms with Crippen molar-refractivity contribution in [1.82, 2.24) is 4.90 Å². The van der Waals surface area contributed by atoms with E-state index in [1.54, 1.807) is 0 Å². The topological polar surface area (TPSA) is 74.7 Å². The SMILES string of the molecule is C#CCC(C(=O)O)N1C(=O)C=C(C)C1=O. The average molecular weight is 207 g/mol. The first kappa shape index (κ1) is 11.0. The van der Waals surface area contributed by atoms with E-state index >= 15 is 0 Å². The standard InChI is InChI=1S/C10H9NO4/c1-3-4-7(10(14)15)11-8(12)5-6(2)9(11)13/h1,5,7H,4H2,2H3,(H,14,15). The smallest absolute Gasteiger partial charge is 0.327 e. The van der Waals surface area contributed by atoms with Crippen molar-refractivity contribution in [3.63, 3.8) is 0 Å². The van der Waals surface area contributed by atoms with E-state index in [1.807, 2.05) is 0 Å². The van der Waals surface area contributed by atoms with Gasteiger partial charge in [-0.15, -0.1) is 12.3 Å². The Labute approximate surface area is 86.4 Å². The number of carboxylic acid groups (broad SMARTS) is 1. The van der Waals surface area contributed by atoms with Crippen LogP contribution in [0.3, 0.4) is 0 Å². The minimum atomic E-state index is -1.28. The second-order valence-electron chi connectivity index (χ2n) is 3.10. The van der Waals surface area contributed by atoms with Gasteiger partial charge in [0.2, 0.25) is 0 Å². The number of nitrogens with zero attached hydrogens (tertiary/aromatic N) is 1. The zero-order chi connectivity index (χ0) is 11.6. The third kappa shape index (κ3) is 1.89. The number of amides is 2. The summed E-state index contributed by atoms with van der Waals surface area (Å²) in [6.07, 6.45) is 5.90. The third-order valence-corrected chi connectivity index (χ3v) is 2.04. The molecule has 1 unspecified atom stereocenters. The molecule has 5 nitrogen and oxygen atoms in total. The van der Waals surface area contributed by atoms with Crippen molar-refractivity contribution in [2.45, 2.75) is 19.4 Å². The van der Waals surface area contributed by atoms with Gasteiger partial charge in [-0.25, -0.2) is 4.79 Å². The van der Waals surface area contributed by atoms with Gasteiger partial charge in [-0.2, -0.15) is 0 Å². The molecule has 1 atom stereocenters. The Hall–Kier alpha value is -2.09. The predicted molar refractivity (Wildman–Crippen MR) is 50.5 cm³/mol. The Morgan fingerprint density at radius 1 is 1.67 bits per heavy atom.